The lowest BCUT2D eigenvalue weighted by Gasteiger charge is -2.28. The summed E-state index contributed by atoms with van der Waals surface area (Å²) >= 11 is 0. The maximum absolute atomic E-state index is 11.3. The van der Waals surface area contributed by atoms with Crippen molar-refractivity contribution in [3.63, 3.8) is 0 Å². The highest BCUT2D eigenvalue weighted by Crippen LogP contribution is 2.27. The van der Waals surface area contributed by atoms with Crippen molar-refractivity contribution in [1.82, 2.24) is 29.5 Å². The van der Waals surface area contributed by atoms with Crippen LogP contribution in [0.3, 0.4) is 0 Å². The molecular weight excluding hydrogens is 412 g/mol. The number of nitrogens with two attached hydrogens (primary N) is 1. The summed E-state index contributed by atoms with van der Waals surface area (Å²) < 4.78 is 7.36. The molecule has 0 spiro atoms. The molecule has 4 heterocycles. The summed E-state index contributed by atoms with van der Waals surface area (Å²) in [7, 11) is 0. The topological polar surface area (TPSA) is 145 Å². The number of imidazole rings is 1. The second-order valence-electron chi connectivity index (χ2n) is 7.35. The van der Waals surface area contributed by atoms with Crippen molar-refractivity contribution < 1.29 is 14.6 Å². The number of rotatable bonds is 5. The lowest BCUT2D eigenvalue weighted by Crippen LogP contribution is -2.37. The molecule has 0 bridgehead atoms. The molecule has 1 aliphatic rings. The number of morpholine rings is 1. The number of aromatic carboxylic acids is 1. The third-order valence-electron chi connectivity index (χ3n) is 5.21. The van der Waals surface area contributed by atoms with E-state index in [2.05, 4.69) is 19.9 Å². The number of fused-ring (bicyclic) bond motifs is 1. The molecule has 0 saturated carbocycles. The molecule has 1 aliphatic heterocycles. The van der Waals surface area contributed by atoms with Crippen LogP contribution in [0.2, 0.25) is 0 Å². The zero-order valence-electron chi connectivity index (χ0n) is 17.0. The van der Waals surface area contributed by atoms with Crippen LogP contribution in [0.1, 0.15) is 15.9 Å². The first-order valence-corrected chi connectivity index (χ1v) is 10.0. The lowest BCUT2D eigenvalue weighted by molar-refractivity contribution is 0.0696. The molecule has 3 aromatic heterocycles. The van der Waals surface area contributed by atoms with Crippen LogP contribution in [-0.4, -0.2) is 66.9 Å². The number of hydrogen-bond acceptors (Lipinski definition) is 9. The van der Waals surface area contributed by atoms with Gasteiger partial charge in [-0.05, 0) is 17.7 Å². The average molecular weight is 432 g/mol. The van der Waals surface area contributed by atoms with E-state index in [1.165, 1.54) is 0 Å². The van der Waals surface area contributed by atoms with Gasteiger partial charge in [-0.15, -0.1) is 0 Å². The Morgan fingerprint density at radius 2 is 1.91 bits per heavy atom. The van der Waals surface area contributed by atoms with E-state index in [-0.39, 0.29) is 11.5 Å². The second-order valence-corrected chi connectivity index (χ2v) is 7.35. The van der Waals surface area contributed by atoms with Crippen molar-refractivity contribution >= 4 is 28.9 Å². The van der Waals surface area contributed by atoms with E-state index in [1.54, 1.807) is 36.9 Å². The zero-order valence-corrected chi connectivity index (χ0v) is 17.0. The number of hydrogen-bond donors (Lipinski definition) is 2. The Bertz CT molecular complexity index is 1280. The van der Waals surface area contributed by atoms with Crippen molar-refractivity contribution in [2.24, 2.45) is 0 Å². The van der Waals surface area contributed by atoms with Crippen LogP contribution < -0.4 is 10.6 Å². The zero-order chi connectivity index (χ0) is 22.1. The van der Waals surface area contributed by atoms with Crippen molar-refractivity contribution in [1.29, 1.82) is 0 Å². The Balaban J connectivity index is 1.61. The molecule has 4 aromatic rings. The summed E-state index contributed by atoms with van der Waals surface area (Å²) in [5, 5.41) is 9.29. The molecular formula is C21H20N8O3. The fourth-order valence-corrected chi connectivity index (χ4v) is 3.62. The first-order valence-electron chi connectivity index (χ1n) is 10.0. The van der Waals surface area contributed by atoms with E-state index in [4.69, 9.17) is 20.4 Å². The van der Waals surface area contributed by atoms with Gasteiger partial charge < -0.3 is 25.0 Å². The van der Waals surface area contributed by atoms with Crippen LogP contribution in [0.5, 0.6) is 0 Å². The maximum Gasteiger partial charge on any atom is 0.335 e. The normalized spacial score (nSPS) is 14.1. The number of carbonyl (C=O) groups is 1. The quantitative estimate of drug-likeness (QED) is 0.475. The maximum atomic E-state index is 11.3. The molecule has 0 amide bonds. The molecule has 0 unspecified atom stereocenters. The summed E-state index contributed by atoms with van der Waals surface area (Å²) in [5.74, 6) is 0.375. The predicted octanol–water partition coefficient (Wildman–Crippen LogP) is 1.45. The number of ether oxygens (including phenoxy) is 1. The molecule has 162 valence electrons. The largest absolute Gasteiger partial charge is 0.478 e. The summed E-state index contributed by atoms with van der Waals surface area (Å²) in [6.07, 6.45) is 4.87. The van der Waals surface area contributed by atoms with Crippen LogP contribution in [-0.2, 0) is 11.3 Å². The van der Waals surface area contributed by atoms with Gasteiger partial charge >= 0.3 is 5.97 Å². The van der Waals surface area contributed by atoms with Crippen LogP contribution >= 0.6 is 0 Å². The first-order chi connectivity index (χ1) is 15.6. The minimum atomic E-state index is -0.968. The van der Waals surface area contributed by atoms with Gasteiger partial charge in [0.1, 0.15) is 0 Å². The van der Waals surface area contributed by atoms with Gasteiger partial charge in [0, 0.05) is 25.5 Å². The van der Waals surface area contributed by atoms with E-state index in [0.29, 0.717) is 61.2 Å². The van der Waals surface area contributed by atoms with E-state index in [1.807, 2.05) is 10.6 Å². The summed E-state index contributed by atoms with van der Waals surface area (Å²) in [5.41, 5.74) is 8.62. The SMILES string of the molecule is Nc1ncc(-c2nc(N3CCOCC3)c3ncn(Cc4cccc(C(=O)O)c4)c3n2)cn1. The highest BCUT2D eigenvalue weighted by Gasteiger charge is 2.21. The van der Waals surface area contributed by atoms with Crippen molar-refractivity contribution in [3.05, 3.63) is 54.1 Å². The smallest absolute Gasteiger partial charge is 0.335 e. The van der Waals surface area contributed by atoms with Gasteiger partial charge in [0.05, 0.1) is 37.2 Å². The minimum absolute atomic E-state index is 0.173. The fraction of sp³-hybridized carbons (Fsp3) is 0.238. The van der Waals surface area contributed by atoms with Gasteiger partial charge in [-0.25, -0.2) is 29.7 Å². The van der Waals surface area contributed by atoms with Gasteiger partial charge in [0.2, 0.25) is 5.95 Å². The third kappa shape index (κ3) is 3.81. The molecule has 1 fully saturated rings. The molecule has 11 nitrogen and oxygen atoms in total. The first kappa shape index (κ1) is 19.8. The molecule has 32 heavy (non-hydrogen) atoms. The number of aromatic nitrogens is 6. The molecule has 1 aromatic carbocycles. The van der Waals surface area contributed by atoms with Gasteiger partial charge in [-0.1, -0.05) is 12.1 Å². The van der Waals surface area contributed by atoms with Crippen LogP contribution in [0, 0.1) is 0 Å². The van der Waals surface area contributed by atoms with Crippen molar-refractivity contribution in [2.45, 2.75) is 6.54 Å². The monoisotopic (exact) mass is 432 g/mol. The Morgan fingerprint density at radius 3 is 2.66 bits per heavy atom. The molecule has 0 atom stereocenters. The Labute approximate surface area is 182 Å². The van der Waals surface area contributed by atoms with Gasteiger partial charge in [0.15, 0.2) is 22.8 Å². The highest BCUT2D eigenvalue weighted by atomic mass is 16.5. The van der Waals surface area contributed by atoms with Gasteiger partial charge in [-0.2, -0.15) is 0 Å². The van der Waals surface area contributed by atoms with Crippen LogP contribution in [0.15, 0.2) is 43.0 Å². The number of anilines is 2. The lowest BCUT2D eigenvalue weighted by atomic mass is 10.1. The van der Waals surface area contributed by atoms with E-state index in [0.717, 1.165) is 5.56 Å². The van der Waals surface area contributed by atoms with Crippen LogP contribution in [0.25, 0.3) is 22.6 Å². The van der Waals surface area contributed by atoms with E-state index >= 15 is 0 Å². The standard InChI is InChI=1S/C21H20N8O3/c22-21-23-9-15(10-24-21)17-26-18(28-4-6-32-7-5-28)16-19(27-17)29(12-25-16)11-13-2-1-3-14(8-13)20(30)31/h1-3,8-10,12H,4-7,11H2,(H,30,31)(H2,22,23,24). The molecule has 5 rings (SSSR count). The molecule has 11 heteroatoms. The molecule has 0 aliphatic carbocycles. The van der Waals surface area contributed by atoms with Crippen molar-refractivity contribution in [3.8, 4) is 11.4 Å². The van der Waals surface area contributed by atoms with Gasteiger partial charge in [-0.3, -0.25) is 0 Å². The number of carboxylic acid groups (broad SMARTS) is 1. The summed E-state index contributed by atoms with van der Waals surface area (Å²) in [6.45, 7) is 3.01. The molecule has 3 N–H and O–H groups in total. The van der Waals surface area contributed by atoms with Gasteiger partial charge in [0.25, 0.3) is 0 Å². The molecule has 0 radical (unpaired) electrons. The van der Waals surface area contributed by atoms with Crippen molar-refractivity contribution in [2.75, 3.05) is 36.9 Å². The third-order valence-corrected chi connectivity index (χ3v) is 5.21. The highest BCUT2D eigenvalue weighted by molar-refractivity contribution is 5.88. The molecule has 1 saturated heterocycles. The van der Waals surface area contributed by atoms with E-state index < -0.39 is 5.97 Å². The number of carboxylic acids is 1. The Morgan fingerprint density at radius 1 is 1.12 bits per heavy atom. The summed E-state index contributed by atoms with van der Waals surface area (Å²) in [6, 6.07) is 6.81. The fourth-order valence-electron chi connectivity index (χ4n) is 3.62. The Hall–Kier alpha value is -4.12. The number of nitrogens with zero attached hydrogens (tertiary/aromatic N) is 7. The van der Waals surface area contributed by atoms with Crippen LogP contribution in [0.4, 0.5) is 11.8 Å². The number of nitrogen functional groups attached to an aromatic ring is 1. The second kappa shape index (κ2) is 8.19. The number of benzene rings is 1. The van der Waals surface area contributed by atoms with E-state index in [9.17, 15) is 9.90 Å². The summed E-state index contributed by atoms with van der Waals surface area (Å²) in [4.78, 5) is 35.7. The average Bonchev–Trinajstić information content (AvgIpc) is 3.22. The Kier molecular flexibility index (Phi) is 5.07. The minimum Gasteiger partial charge on any atom is -0.478 e. The predicted molar refractivity (Wildman–Crippen MR) is 116 cm³/mol.